The fraction of sp³-hybridized carbons (Fsp3) is 0.286. The van der Waals surface area contributed by atoms with Gasteiger partial charge in [-0.15, -0.1) is 10.2 Å². The maximum absolute atomic E-state index is 12.2. The Labute approximate surface area is 164 Å². The molecule has 0 atom stereocenters. The zero-order valence-electron chi connectivity index (χ0n) is 15.6. The molecule has 7 heteroatoms. The van der Waals surface area contributed by atoms with Gasteiger partial charge in [-0.25, -0.2) is 0 Å². The van der Waals surface area contributed by atoms with Crippen LogP contribution in [0.2, 0.25) is 0 Å². The lowest BCUT2D eigenvalue weighted by Gasteiger charge is -2.33. The van der Waals surface area contributed by atoms with Crippen LogP contribution < -0.4 is 5.32 Å². The summed E-state index contributed by atoms with van der Waals surface area (Å²) in [6.45, 7) is 4.43. The van der Waals surface area contributed by atoms with E-state index in [4.69, 9.17) is 4.42 Å². The number of piperazine rings is 1. The zero-order chi connectivity index (χ0) is 19.2. The number of carbonyl (C=O) groups excluding carboxylic acids is 1. The predicted molar refractivity (Wildman–Crippen MR) is 107 cm³/mol. The minimum Gasteiger partial charge on any atom is -0.419 e. The average molecular weight is 377 g/mol. The van der Waals surface area contributed by atoms with E-state index in [2.05, 4.69) is 25.3 Å². The maximum atomic E-state index is 12.2. The molecule has 1 aromatic heterocycles. The van der Waals surface area contributed by atoms with Gasteiger partial charge in [-0.3, -0.25) is 14.6 Å². The van der Waals surface area contributed by atoms with Gasteiger partial charge in [0.15, 0.2) is 0 Å². The second-order valence-electron chi connectivity index (χ2n) is 6.83. The van der Waals surface area contributed by atoms with Crippen molar-refractivity contribution in [3.05, 3.63) is 66.6 Å². The van der Waals surface area contributed by atoms with Crippen molar-refractivity contribution in [2.75, 3.05) is 38.0 Å². The molecule has 144 valence electrons. The van der Waals surface area contributed by atoms with Crippen molar-refractivity contribution in [2.45, 2.75) is 6.54 Å². The van der Waals surface area contributed by atoms with Crippen LogP contribution in [-0.2, 0) is 11.3 Å². The van der Waals surface area contributed by atoms with Gasteiger partial charge in [0.05, 0.1) is 13.1 Å². The summed E-state index contributed by atoms with van der Waals surface area (Å²) in [5.74, 6) is 1.19. The number of hydrogen-bond acceptors (Lipinski definition) is 6. The van der Waals surface area contributed by atoms with Crippen molar-refractivity contribution in [3.8, 4) is 11.5 Å². The van der Waals surface area contributed by atoms with Crippen LogP contribution in [0, 0.1) is 0 Å². The number of anilines is 1. The molecular weight excluding hydrogens is 354 g/mol. The normalized spacial score (nSPS) is 15.4. The molecule has 1 aliphatic heterocycles. The first-order valence-corrected chi connectivity index (χ1v) is 9.44. The summed E-state index contributed by atoms with van der Waals surface area (Å²) >= 11 is 0. The van der Waals surface area contributed by atoms with Gasteiger partial charge in [-0.05, 0) is 24.3 Å². The number of carbonyl (C=O) groups is 1. The summed E-state index contributed by atoms with van der Waals surface area (Å²) in [6, 6.07) is 19.3. The van der Waals surface area contributed by atoms with E-state index < -0.39 is 0 Å². The molecular formula is C21H23N5O2. The highest BCUT2D eigenvalue weighted by Gasteiger charge is 2.21. The molecule has 0 spiro atoms. The highest BCUT2D eigenvalue weighted by Crippen LogP contribution is 2.18. The minimum atomic E-state index is 0.0176. The molecule has 0 bridgehead atoms. The Morgan fingerprint density at radius 3 is 2.25 bits per heavy atom. The molecule has 1 amide bonds. The highest BCUT2D eigenvalue weighted by molar-refractivity contribution is 5.92. The van der Waals surface area contributed by atoms with Crippen LogP contribution in [0.15, 0.2) is 65.1 Å². The summed E-state index contributed by atoms with van der Waals surface area (Å²) < 4.78 is 5.79. The molecule has 1 aliphatic rings. The summed E-state index contributed by atoms with van der Waals surface area (Å²) in [5.41, 5.74) is 1.76. The van der Waals surface area contributed by atoms with Crippen LogP contribution in [0.3, 0.4) is 0 Å². The van der Waals surface area contributed by atoms with Gasteiger partial charge in [0.2, 0.25) is 17.7 Å². The van der Waals surface area contributed by atoms with Gasteiger partial charge in [-0.2, -0.15) is 0 Å². The van der Waals surface area contributed by atoms with E-state index in [1.165, 1.54) is 0 Å². The van der Waals surface area contributed by atoms with Gasteiger partial charge >= 0.3 is 0 Å². The molecule has 0 saturated carbocycles. The van der Waals surface area contributed by atoms with Crippen LogP contribution in [0.5, 0.6) is 0 Å². The lowest BCUT2D eigenvalue weighted by atomic mass is 10.2. The summed E-state index contributed by atoms with van der Waals surface area (Å²) in [7, 11) is 0. The van der Waals surface area contributed by atoms with Crippen LogP contribution >= 0.6 is 0 Å². The number of aromatic nitrogens is 2. The molecule has 3 aromatic rings. The molecule has 4 rings (SSSR count). The SMILES string of the molecule is O=C(CN1CCN(Cc2nnc(-c3ccccc3)o2)CC1)Nc1ccccc1. The molecule has 28 heavy (non-hydrogen) atoms. The van der Waals surface area contributed by atoms with Crippen molar-refractivity contribution < 1.29 is 9.21 Å². The molecule has 0 radical (unpaired) electrons. The van der Waals surface area contributed by atoms with Gasteiger partial charge in [-0.1, -0.05) is 36.4 Å². The smallest absolute Gasteiger partial charge is 0.247 e. The van der Waals surface area contributed by atoms with Crippen LogP contribution in [-0.4, -0.2) is 58.6 Å². The number of para-hydroxylation sites is 1. The second-order valence-corrected chi connectivity index (χ2v) is 6.83. The van der Waals surface area contributed by atoms with Gasteiger partial charge in [0.25, 0.3) is 0 Å². The van der Waals surface area contributed by atoms with Gasteiger partial charge in [0, 0.05) is 37.4 Å². The standard InChI is InChI=1S/C21H23N5O2/c27-19(22-18-9-5-2-6-10-18)15-25-11-13-26(14-12-25)16-20-23-24-21(28-20)17-7-3-1-4-8-17/h1-10H,11-16H2,(H,22,27). The summed E-state index contributed by atoms with van der Waals surface area (Å²) in [6.07, 6.45) is 0. The number of hydrogen-bond donors (Lipinski definition) is 1. The number of benzene rings is 2. The van der Waals surface area contributed by atoms with E-state index in [-0.39, 0.29) is 5.91 Å². The Hall–Kier alpha value is -3.03. The lowest BCUT2D eigenvalue weighted by molar-refractivity contribution is -0.117. The van der Waals surface area contributed by atoms with E-state index in [0.29, 0.717) is 24.9 Å². The van der Waals surface area contributed by atoms with Crippen LogP contribution in [0.1, 0.15) is 5.89 Å². The van der Waals surface area contributed by atoms with Crippen molar-refractivity contribution in [1.29, 1.82) is 0 Å². The highest BCUT2D eigenvalue weighted by atomic mass is 16.4. The zero-order valence-corrected chi connectivity index (χ0v) is 15.6. The van der Waals surface area contributed by atoms with Crippen LogP contribution in [0.25, 0.3) is 11.5 Å². The predicted octanol–water partition coefficient (Wildman–Crippen LogP) is 2.49. The van der Waals surface area contributed by atoms with Crippen molar-refractivity contribution in [2.24, 2.45) is 0 Å². The molecule has 1 saturated heterocycles. The molecule has 2 heterocycles. The topological polar surface area (TPSA) is 74.5 Å². The first-order valence-electron chi connectivity index (χ1n) is 9.44. The Bertz CT molecular complexity index is 889. The molecule has 2 aromatic carbocycles. The third-order valence-corrected chi connectivity index (χ3v) is 4.74. The molecule has 1 fully saturated rings. The Morgan fingerprint density at radius 1 is 0.893 bits per heavy atom. The lowest BCUT2D eigenvalue weighted by Crippen LogP contribution is -2.48. The van der Waals surface area contributed by atoms with Gasteiger partial charge < -0.3 is 9.73 Å². The van der Waals surface area contributed by atoms with Crippen molar-refractivity contribution >= 4 is 11.6 Å². The summed E-state index contributed by atoms with van der Waals surface area (Å²) in [4.78, 5) is 16.6. The average Bonchev–Trinajstić information content (AvgIpc) is 3.19. The third kappa shape index (κ3) is 4.82. The monoisotopic (exact) mass is 377 g/mol. The Morgan fingerprint density at radius 2 is 1.54 bits per heavy atom. The fourth-order valence-electron chi connectivity index (χ4n) is 3.24. The molecule has 0 unspecified atom stereocenters. The van der Waals surface area contributed by atoms with Gasteiger partial charge in [0.1, 0.15) is 0 Å². The van der Waals surface area contributed by atoms with Crippen molar-refractivity contribution in [3.63, 3.8) is 0 Å². The first kappa shape index (κ1) is 18.3. The third-order valence-electron chi connectivity index (χ3n) is 4.74. The van der Waals surface area contributed by atoms with E-state index in [0.717, 1.165) is 37.4 Å². The number of rotatable bonds is 6. The first-order chi connectivity index (χ1) is 13.8. The quantitative estimate of drug-likeness (QED) is 0.711. The van der Waals surface area contributed by atoms with E-state index in [1.54, 1.807) is 0 Å². The molecule has 0 aliphatic carbocycles. The molecule has 7 nitrogen and oxygen atoms in total. The largest absolute Gasteiger partial charge is 0.419 e. The second kappa shape index (κ2) is 8.77. The van der Waals surface area contributed by atoms with E-state index in [1.807, 2.05) is 60.7 Å². The van der Waals surface area contributed by atoms with E-state index in [9.17, 15) is 4.79 Å². The fourth-order valence-corrected chi connectivity index (χ4v) is 3.24. The van der Waals surface area contributed by atoms with Crippen LogP contribution in [0.4, 0.5) is 5.69 Å². The number of amides is 1. The number of nitrogens with zero attached hydrogens (tertiary/aromatic N) is 4. The Balaban J connectivity index is 1.23. The molecule has 1 N–H and O–H groups in total. The maximum Gasteiger partial charge on any atom is 0.247 e. The Kier molecular flexibility index (Phi) is 5.75. The summed E-state index contributed by atoms with van der Waals surface area (Å²) in [5, 5.41) is 11.2. The minimum absolute atomic E-state index is 0.0176. The number of nitrogens with one attached hydrogen (secondary N) is 1. The van der Waals surface area contributed by atoms with Crippen molar-refractivity contribution in [1.82, 2.24) is 20.0 Å². The van der Waals surface area contributed by atoms with E-state index >= 15 is 0 Å².